The molecule has 0 fully saturated rings. The Hall–Kier alpha value is 0.547. The van der Waals surface area contributed by atoms with Gasteiger partial charge in [-0.3, -0.25) is 0 Å². The van der Waals surface area contributed by atoms with Crippen molar-refractivity contribution in [3.05, 3.63) is 0 Å². The SMILES string of the molecule is FN=S.[H-].[Li+]. The van der Waals surface area contributed by atoms with Gasteiger partial charge in [0.1, 0.15) is 0 Å². The molecule has 0 aliphatic heterocycles. The molecule has 0 saturated heterocycles. The van der Waals surface area contributed by atoms with Crippen LogP contribution in [0.3, 0.4) is 0 Å². The monoisotopic (exact) mass is 73.0 g/mol. The minimum Gasteiger partial charge on any atom is -1.00 e. The molecule has 0 aromatic carbocycles. The molecule has 0 radical (unpaired) electrons. The van der Waals surface area contributed by atoms with E-state index < -0.39 is 0 Å². The Morgan fingerprint density at radius 3 is 2.00 bits per heavy atom. The Bertz CT molecular complexity index is 19.1. The van der Waals surface area contributed by atoms with E-state index in [1.54, 1.807) is 4.58 Å². The molecule has 0 aromatic rings. The summed E-state index contributed by atoms with van der Waals surface area (Å²) < 4.78 is 11.3. The fraction of sp³-hybridized carbons (Fsp3) is 0. The molecule has 1 nitrogen and oxygen atoms in total. The van der Waals surface area contributed by atoms with Crippen LogP contribution in [0.4, 0.5) is 4.48 Å². The number of rotatable bonds is 0. The van der Waals surface area contributed by atoms with Gasteiger partial charge in [0.25, 0.3) is 0 Å². The van der Waals surface area contributed by atoms with Crippen LogP contribution in [0.25, 0.3) is 0 Å². The maximum atomic E-state index is 9.73. The Morgan fingerprint density at radius 2 is 2.00 bits per heavy atom. The number of hydrogen-bond donors (Lipinski definition) is 0. The molecule has 0 unspecified atom stereocenters. The molecule has 0 bridgehead atoms. The van der Waals surface area contributed by atoms with Gasteiger partial charge >= 0.3 is 18.9 Å². The van der Waals surface area contributed by atoms with Gasteiger partial charge in [-0.25, -0.2) is 0 Å². The number of halogens is 1. The van der Waals surface area contributed by atoms with Crippen molar-refractivity contribution in [3.8, 4) is 0 Å². The third-order valence-electron chi connectivity index (χ3n) is 0. The molecule has 0 aromatic heterocycles. The summed E-state index contributed by atoms with van der Waals surface area (Å²) in [5.74, 6) is 0. The second kappa shape index (κ2) is 9.61. The molecule has 0 rings (SSSR count). The van der Waals surface area contributed by atoms with E-state index in [-0.39, 0.29) is 20.3 Å². The van der Waals surface area contributed by atoms with Crippen LogP contribution in [-0.4, -0.2) is 0 Å². The first-order chi connectivity index (χ1) is 1.41. The largest absolute Gasteiger partial charge is 1.00 e. The van der Waals surface area contributed by atoms with E-state index >= 15 is 0 Å². The maximum Gasteiger partial charge on any atom is 1.00 e. The summed E-state index contributed by atoms with van der Waals surface area (Å²) in [6.07, 6.45) is 0. The summed E-state index contributed by atoms with van der Waals surface area (Å²) in [6.45, 7) is 0. The summed E-state index contributed by atoms with van der Waals surface area (Å²) in [4.78, 5) is 0. The van der Waals surface area contributed by atoms with E-state index in [2.05, 4.69) is 12.4 Å². The molecule has 4 heteroatoms. The van der Waals surface area contributed by atoms with Crippen molar-refractivity contribution in [2.75, 3.05) is 0 Å². The Balaban J connectivity index is -0.0000000200. The van der Waals surface area contributed by atoms with Gasteiger partial charge in [0.15, 0.2) is 0 Å². The van der Waals surface area contributed by atoms with E-state index in [1.807, 2.05) is 0 Å². The van der Waals surface area contributed by atoms with Crippen molar-refractivity contribution >= 4 is 12.4 Å². The van der Waals surface area contributed by atoms with Gasteiger partial charge in [-0.05, 0) is 4.58 Å². The summed E-state index contributed by atoms with van der Waals surface area (Å²) in [6, 6.07) is 0. The molecule has 0 spiro atoms. The number of hydrogen-bond acceptors (Lipinski definition) is 2. The fourth-order valence-electron chi connectivity index (χ4n) is 0. The molecule has 0 N–H and O–H groups in total. The van der Waals surface area contributed by atoms with Crippen molar-refractivity contribution in [1.29, 1.82) is 0 Å². The van der Waals surface area contributed by atoms with E-state index in [0.29, 0.717) is 0 Å². The molecule has 20 valence electrons. The molecule has 0 aliphatic carbocycles. The van der Waals surface area contributed by atoms with Crippen LogP contribution < -0.4 is 18.9 Å². The van der Waals surface area contributed by atoms with Crippen molar-refractivity contribution in [2.24, 2.45) is 4.58 Å². The second-order valence-electron chi connectivity index (χ2n) is 0.0690. The zero-order valence-corrected chi connectivity index (χ0v) is 3.05. The van der Waals surface area contributed by atoms with Gasteiger partial charge in [-0.15, -0.1) is 0 Å². The smallest absolute Gasteiger partial charge is 1.00 e. The average Bonchev–Trinajstić information content (AvgIpc) is 0.918. The second-order valence-corrected chi connectivity index (χ2v) is 0.207. The molecule has 0 saturated carbocycles. The first-order valence-corrected chi connectivity index (χ1v) is 0.717. The predicted octanol–water partition coefficient (Wildman–Crippen LogP) is -2.28. The van der Waals surface area contributed by atoms with Crippen molar-refractivity contribution < 1.29 is 24.8 Å². The normalized spacial score (nSPS) is 3.25. The quantitative estimate of drug-likeness (QED) is 0.294. The van der Waals surface area contributed by atoms with Gasteiger partial charge < -0.3 is 1.43 Å². The summed E-state index contributed by atoms with van der Waals surface area (Å²) in [5.41, 5.74) is 0. The molecule has 0 aliphatic rings. The van der Waals surface area contributed by atoms with Gasteiger partial charge in [-0.1, -0.05) is 4.48 Å². The Labute approximate surface area is 42.3 Å². The van der Waals surface area contributed by atoms with Crippen LogP contribution in [-0.2, 0) is 12.4 Å². The van der Waals surface area contributed by atoms with Gasteiger partial charge in [-0.2, -0.15) is 0 Å². The zero-order chi connectivity index (χ0) is 2.71. The van der Waals surface area contributed by atoms with Crippen LogP contribution in [0.2, 0.25) is 0 Å². The molecular formula is HFLiNS. The number of nitrogens with zero attached hydrogens (tertiary/aromatic N) is 1. The first-order valence-electron chi connectivity index (χ1n) is 0.352. The van der Waals surface area contributed by atoms with Crippen LogP contribution >= 0.6 is 0 Å². The summed E-state index contributed by atoms with van der Waals surface area (Å²) in [5, 5.41) is 0. The average molecular weight is 73.0 g/mol. The van der Waals surface area contributed by atoms with E-state index in [1.165, 1.54) is 0 Å². The third-order valence-corrected chi connectivity index (χ3v) is 0. The van der Waals surface area contributed by atoms with E-state index in [9.17, 15) is 4.48 Å². The molecular weight excluding hydrogens is 72.0 g/mol. The fourth-order valence-corrected chi connectivity index (χ4v) is 0. The van der Waals surface area contributed by atoms with Crippen molar-refractivity contribution in [1.82, 2.24) is 0 Å². The van der Waals surface area contributed by atoms with Gasteiger partial charge in [0.2, 0.25) is 0 Å². The van der Waals surface area contributed by atoms with Gasteiger partial charge in [0.05, 0.1) is 12.4 Å². The summed E-state index contributed by atoms with van der Waals surface area (Å²) >= 11 is 3.35. The van der Waals surface area contributed by atoms with Crippen LogP contribution in [0.15, 0.2) is 4.58 Å². The molecule has 0 heterocycles. The molecule has 0 atom stereocenters. The zero-order valence-electron chi connectivity index (χ0n) is 3.23. The summed E-state index contributed by atoms with van der Waals surface area (Å²) in [7, 11) is 0. The van der Waals surface area contributed by atoms with Gasteiger partial charge in [0, 0.05) is 0 Å². The molecule has 4 heavy (non-hydrogen) atoms. The Morgan fingerprint density at radius 1 is 2.00 bits per heavy atom. The van der Waals surface area contributed by atoms with Crippen molar-refractivity contribution in [2.45, 2.75) is 0 Å². The van der Waals surface area contributed by atoms with Crippen LogP contribution in [0.5, 0.6) is 0 Å². The maximum absolute atomic E-state index is 9.73. The van der Waals surface area contributed by atoms with Crippen molar-refractivity contribution in [3.63, 3.8) is 0 Å². The molecule has 0 amide bonds. The standard InChI is InChI=1S/FNS.Li.H/c1-2-3;;/q;+1;-1. The minimum atomic E-state index is 0. The van der Waals surface area contributed by atoms with Crippen LogP contribution in [0.1, 0.15) is 1.43 Å². The predicted molar refractivity (Wildman–Crippen MR) is 12.0 cm³/mol. The first kappa shape index (κ1) is 8.82. The van der Waals surface area contributed by atoms with E-state index in [0.717, 1.165) is 0 Å². The Kier molecular flexibility index (Phi) is 21.2. The van der Waals surface area contributed by atoms with E-state index in [4.69, 9.17) is 0 Å². The third kappa shape index (κ3) is 20.4. The van der Waals surface area contributed by atoms with Crippen LogP contribution in [0, 0.1) is 0 Å². The topological polar surface area (TPSA) is 12.4 Å². The minimum absolute atomic E-state index is 0.